The van der Waals surface area contributed by atoms with Gasteiger partial charge in [-0.25, -0.2) is 9.59 Å². The van der Waals surface area contributed by atoms with E-state index in [-0.39, 0.29) is 11.1 Å². The van der Waals surface area contributed by atoms with Gasteiger partial charge in [-0.1, -0.05) is 12.1 Å². The summed E-state index contributed by atoms with van der Waals surface area (Å²) >= 11 is 0. The molecule has 0 fully saturated rings. The van der Waals surface area contributed by atoms with Crippen molar-refractivity contribution in [3.05, 3.63) is 35.4 Å². The summed E-state index contributed by atoms with van der Waals surface area (Å²) in [6, 6.07) is 6.15. The third kappa shape index (κ3) is 11.4. The lowest BCUT2D eigenvalue weighted by Gasteiger charge is -2.23. The minimum atomic E-state index is -0.937. The van der Waals surface area contributed by atoms with Crippen molar-refractivity contribution in [2.75, 3.05) is 13.2 Å². The molecule has 0 aliphatic carbocycles. The zero-order valence-corrected chi connectivity index (χ0v) is 21.3. The Kier molecular flexibility index (Phi) is 13.9. The summed E-state index contributed by atoms with van der Waals surface area (Å²) < 4.78 is 43.2. The molecule has 6 unspecified atom stereocenters. The first-order valence-corrected chi connectivity index (χ1v) is 11.4. The molecule has 34 heavy (non-hydrogen) atoms. The van der Waals surface area contributed by atoms with Crippen LogP contribution in [0.2, 0.25) is 0 Å². The lowest BCUT2D eigenvalue weighted by Crippen LogP contribution is -2.29. The molecule has 0 heterocycles. The first-order chi connectivity index (χ1) is 16.1. The zero-order chi connectivity index (χ0) is 25.7. The van der Waals surface area contributed by atoms with Gasteiger partial charge in [0, 0.05) is 13.2 Å². The second-order valence-electron chi connectivity index (χ2n) is 7.22. The summed E-state index contributed by atoms with van der Waals surface area (Å²) in [5, 5.41) is 0. The smallest absolute Gasteiger partial charge is 0.341 e. The van der Waals surface area contributed by atoms with Crippen molar-refractivity contribution in [2.45, 2.75) is 93.1 Å². The van der Waals surface area contributed by atoms with Crippen LogP contribution >= 0.6 is 0 Å². The third-order valence-corrected chi connectivity index (χ3v) is 4.25. The Hall–Kier alpha value is -2.08. The SMILES string of the molecule is CCOC(C)OC(C)OC(C)OC(=O)c1ccccc1C(=O)OC(C)OC(C)OC(C)OCC. The molecule has 1 rings (SSSR count). The van der Waals surface area contributed by atoms with Crippen molar-refractivity contribution >= 4 is 11.9 Å². The van der Waals surface area contributed by atoms with E-state index < -0.39 is 49.7 Å². The van der Waals surface area contributed by atoms with Crippen LogP contribution in [-0.4, -0.2) is 62.9 Å². The highest BCUT2D eigenvalue weighted by molar-refractivity contribution is 6.03. The minimum Gasteiger partial charge on any atom is -0.432 e. The molecule has 0 amide bonds. The number of hydrogen-bond donors (Lipinski definition) is 0. The Morgan fingerprint density at radius 3 is 1.24 bits per heavy atom. The van der Waals surface area contributed by atoms with Crippen molar-refractivity contribution in [3.8, 4) is 0 Å². The van der Waals surface area contributed by atoms with Crippen molar-refractivity contribution in [3.63, 3.8) is 0 Å². The molecule has 0 bridgehead atoms. The molecular weight excluding hydrogens is 448 g/mol. The van der Waals surface area contributed by atoms with Gasteiger partial charge in [0.15, 0.2) is 25.2 Å². The van der Waals surface area contributed by atoms with E-state index in [4.69, 9.17) is 37.9 Å². The summed E-state index contributed by atoms with van der Waals surface area (Å²) in [7, 11) is 0. The predicted molar refractivity (Wildman–Crippen MR) is 122 cm³/mol. The van der Waals surface area contributed by atoms with Crippen LogP contribution in [0, 0.1) is 0 Å². The lowest BCUT2D eigenvalue weighted by atomic mass is 10.1. The Bertz CT molecular complexity index is 679. The van der Waals surface area contributed by atoms with Crippen LogP contribution in [-0.2, 0) is 37.9 Å². The van der Waals surface area contributed by atoms with Gasteiger partial charge in [-0.3, -0.25) is 0 Å². The molecule has 1 aromatic rings. The Morgan fingerprint density at radius 2 is 0.912 bits per heavy atom. The van der Waals surface area contributed by atoms with E-state index in [9.17, 15) is 9.59 Å². The first-order valence-electron chi connectivity index (χ1n) is 11.4. The second kappa shape index (κ2) is 15.8. The monoisotopic (exact) mass is 486 g/mol. The fraction of sp³-hybridized carbons (Fsp3) is 0.667. The summed E-state index contributed by atoms with van der Waals surface area (Å²) in [5.41, 5.74) is 0.0568. The van der Waals surface area contributed by atoms with Gasteiger partial charge in [0.05, 0.1) is 11.1 Å². The molecular formula is C24H38O10. The number of rotatable bonds is 16. The van der Waals surface area contributed by atoms with Gasteiger partial charge in [0.2, 0.25) is 12.6 Å². The highest BCUT2D eigenvalue weighted by Gasteiger charge is 2.24. The summed E-state index contributed by atoms with van der Waals surface area (Å²) in [4.78, 5) is 25.4. The minimum absolute atomic E-state index is 0.0284. The molecule has 0 spiro atoms. The molecule has 0 N–H and O–H groups in total. The molecule has 0 saturated carbocycles. The third-order valence-electron chi connectivity index (χ3n) is 4.25. The van der Waals surface area contributed by atoms with E-state index >= 15 is 0 Å². The fourth-order valence-electron chi connectivity index (χ4n) is 3.01. The summed E-state index contributed by atoms with van der Waals surface area (Å²) in [5.74, 6) is -1.50. The second-order valence-corrected chi connectivity index (χ2v) is 7.22. The molecule has 10 heteroatoms. The van der Waals surface area contributed by atoms with E-state index in [2.05, 4.69) is 0 Å². The Labute approximate surface area is 201 Å². The van der Waals surface area contributed by atoms with Crippen LogP contribution in [0.25, 0.3) is 0 Å². The molecule has 0 radical (unpaired) electrons. The van der Waals surface area contributed by atoms with Gasteiger partial charge < -0.3 is 37.9 Å². The van der Waals surface area contributed by atoms with Crippen LogP contribution in [0.4, 0.5) is 0 Å². The van der Waals surface area contributed by atoms with Gasteiger partial charge in [-0.15, -0.1) is 0 Å². The topological polar surface area (TPSA) is 108 Å². The fourth-order valence-corrected chi connectivity index (χ4v) is 3.01. The predicted octanol–water partition coefficient (Wildman–Crippen LogP) is 4.22. The maximum Gasteiger partial charge on any atom is 0.341 e. The average Bonchev–Trinajstić information content (AvgIpc) is 2.73. The van der Waals surface area contributed by atoms with Crippen LogP contribution in [0.5, 0.6) is 0 Å². The highest BCUT2D eigenvalue weighted by Crippen LogP contribution is 2.16. The number of ether oxygens (including phenoxy) is 8. The van der Waals surface area contributed by atoms with E-state index in [0.29, 0.717) is 13.2 Å². The number of esters is 2. The first kappa shape index (κ1) is 30.0. The number of hydrogen-bond acceptors (Lipinski definition) is 10. The van der Waals surface area contributed by atoms with E-state index in [0.717, 1.165) is 0 Å². The summed E-state index contributed by atoms with van der Waals surface area (Å²) in [6.45, 7) is 14.6. The molecule has 0 saturated heterocycles. The van der Waals surface area contributed by atoms with E-state index in [1.54, 1.807) is 53.7 Å². The molecule has 0 aliphatic heterocycles. The molecule has 6 atom stereocenters. The van der Waals surface area contributed by atoms with Gasteiger partial charge in [-0.2, -0.15) is 0 Å². The largest absolute Gasteiger partial charge is 0.432 e. The van der Waals surface area contributed by atoms with Gasteiger partial charge in [0.25, 0.3) is 0 Å². The quantitative estimate of drug-likeness (QED) is 0.249. The molecule has 194 valence electrons. The Morgan fingerprint density at radius 1 is 0.588 bits per heavy atom. The highest BCUT2D eigenvalue weighted by atomic mass is 16.8. The Balaban J connectivity index is 2.68. The van der Waals surface area contributed by atoms with Gasteiger partial charge in [-0.05, 0) is 67.5 Å². The summed E-state index contributed by atoms with van der Waals surface area (Å²) in [6.07, 6.45) is -4.19. The van der Waals surface area contributed by atoms with Crippen molar-refractivity contribution in [1.82, 2.24) is 0 Å². The molecule has 1 aromatic carbocycles. The maximum absolute atomic E-state index is 12.7. The van der Waals surface area contributed by atoms with Gasteiger partial charge >= 0.3 is 11.9 Å². The van der Waals surface area contributed by atoms with Crippen molar-refractivity contribution in [1.29, 1.82) is 0 Å². The normalized spacial score (nSPS) is 16.7. The molecule has 0 aromatic heterocycles. The van der Waals surface area contributed by atoms with Gasteiger partial charge in [0.1, 0.15) is 0 Å². The van der Waals surface area contributed by atoms with Crippen molar-refractivity contribution < 1.29 is 47.5 Å². The standard InChI is InChI=1S/C24H38O10/c1-9-27-15(3)29-17(5)31-19(7)33-23(25)21-13-11-12-14-22(21)24(26)34-20(8)32-18(6)30-16(4)28-10-2/h11-20H,9-10H2,1-8H3. The number of carbonyl (C=O) groups is 2. The van der Waals surface area contributed by atoms with Crippen LogP contribution in [0.1, 0.15) is 76.1 Å². The average molecular weight is 487 g/mol. The maximum atomic E-state index is 12.7. The van der Waals surface area contributed by atoms with Crippen LogP contribution in [0.3, 0.4) is 0 Å². The van der Waals surface area contributed by atoms with E-state index in [1.165, 1.54) is 12.1 Å². The zero-order valence-electron chi connectivity index (χ0n) is 21.3. The molecule has 10 nitrogen and oxygen atoms in total. The number of carbonyl (C=O) groups excluding carboxylic acids is 2. The van der Waals surface area contributed by atoms with Crippen molar-refractivity contribution in [2.24, 2.45) is 0 Å². The molecule has 0 aliphatic rings. The lowest BCUT2D eigenvalue weighted by molar-refractivity contribution is -0.269. The van der Waals surface area contributed by atoms with Crippen LogP contribution in [0.15, 0.2) is 24.3 Å². The number of benzene rings is 1. The van der Waals surface area contributed by atoms with Crippen LogP contribution < -0.4 is 0 Å². The van der Waals surface area contributed by atoms with E-state index in [1.807, 2.05) is 13.8 Å².